The van der Waals surface area contributed by atoms with Gasteiger partial charge in [-0.05, 0) is 0 Å². The molecule has 70 valence electrons. The van der Waals surface area contributed by atoms with E-state index in [9.17, 15) is 0 Å². The van der Waals surface area contributed by atoms with Gasteiger partial charge >= 0.3 is 0 Å². The van der Waals surface area contributed by atoms with E-state index in [1.807, 2.05) is 0 Å². The summed E-state index contributed by atoms with van der Waals surface area (Å²) >= 11 is 0. The van der Waals surface area contributed by atoms with Crippen LogP contribution in [0.3, 0.4) is 0 Å². The third-order valence-corrected chi connectivity index (χ3v) is 0.876. The molecule has 12 heavy (non-hydrogen) atoms. The first-order valence-corrected chi connectivity index (χ1v) is 3.51. The van der Waals surface area contributed by atoms with Gasteiger partial charge in [0.15, 0.2) is 0 Å². The van der Waals surface area contributed by atoms with Gasteiger partial charge in [0.05, 0.1) is 0 Å². The van der Waals surface area contributed by atoms with Gasteiger partial charge in [0, 0.05) is 14.2 Å². The van der Waals surface area contributed by atoms with Crippen LogP contribution in [0, 0.1) is 11.8 Å². The van der Waals surface area contributed by atoms with Gasteiger partial charge in [0.2, 0.25) is 0 Å². The molecule has 0 aromatic heterocycles. The van der Waals surface area contributed by atoms with Crippen LogP contribution in [0.5, 0.6) is 0 Å². The molecule has 0 amide bonds. The molecule has 0 radical (unpaired) electrons. The highest BCUT2D eigenvalue weighted by molar-refractivity contribution is 4.98. The van der Waals surface area contributed by atoms with Gasteiger partial charge in [-0.2, -0.15) is 0 Å². The lowest BCUT2D eigenvalue weighted by atomic mass is 10.6. The van der Waals surface area contributed by atoms with Crippen molar-refractivity contribution in [3.8, 4) is 11.8 Å². The van der Waals surface area contributed by atoms with Gasteiger partial charge in [0.25, 0.3) is 0 Å². The van der Waals surface area contributed by atoms with Crippen molar-refractivity contribution in [2.24, 2.45) is 0 Å². The second-order valence-corrected chi connectivity index (χ2v) is 1.86. The van der Waals surface area contributed by atoms with Crippen molar-refractivity contribution in [2.75, 3.05) is 41.0 Å². The molecule has 0 aromatic carbocycles. The van der Waals surface area contributed by atoms with Crippen LogP contribution in [0.25, 0.3) is 0 Å². The molecule has 0 aromatic rings. The standard InChI is InChI=1S/C8H14O4/c1-9-7-11-5-3-4-6-12-8-10-2/h5-8H2,1-2H3. The molecule has 0 spiro atoms. The van der Waals surface area contributed by atoms with Crippen molar-refractivity contribution in [3.05, 3.63) is 0 Å². The molecule has 0 aliphatic heterocycles. The summed E-state index contributed by atoms with van der Waals surface area (Å²) in [6.45, 7) is 1.27. The van der Waals surface area contributed by atoms with E-state index in [-0.39, 0.29) is 13.6 Å². The van der Waals surface area contributed by atoms with E-state index in [2.05, 4.69) is 21.3 Å². The summed E-state index contributed by atoms with van der Waals surface area (Å²) in [7, 11) is 3.13. The van der Waals surface area contributed by atoms with Crippen LogP contribution in [-0.2, 0) is 18.9 Å². The highest BCUT2D eigenvalue weighted by Crippen LogP contribution is 1.74. The lowest BCUT2D eigenvalue weighted by Gasteiger charge is -1.95. The first-order valence-electron chi connectivity index (χ1n) is 3.51. The quantitative estimate of drug-likeness (QED) is 0.328. The molecule has 4 heteroatoms. The van der Waals surface area contributed by atoms with Crippen LogP contribution in [0.1, 0.15) is 0 Å². The van der Waals surface area contributed by atoms with Crippen molar-refractivity contribution < 1.29 is 18.9 Å². The Balaban J connectivity index is 3.01. The van der Waals surface area contributed by atoms with Crippen molar-refractivity contribution in [1.82, 2.24) is 0 Å². The topological polar surface area (TPSA) is 36.9 Å². The van der Waals surface area contributed by atoms with Crippen LogP contribution in [0.2, 0.25) is 0 Å². The van der Waals surface area contributed by atoms with Gasteiger partial charge < -0.3 is 18.9 Å². The smallest absolute Gasteiger partial charge is 0.147 e. The normalized spacial score (nSPS) is 9.17. The Labute approximate surface area is 72.7 Å². The number of methoxy groups -OCH3 is 2. The molecule has 0 heterocycles. The molecule has 0 N–H and O–H groups in total. The molecule has 0 bridgehead atoms. The molecule has 0 unspecified atom stereocenters. The maximum atomic E-state index is 4.91. The zero-order chi connectivity index (χ0) is 9.07. The molecule has 0 atom stereocenters. The summed E-state index contributed by atoms with van der Waals surface area (Å²) in [5.41, 5.74) is 0. The van der Waals surface area contributed by atoms with Crippen LogP contribution < -0.4 is 0 Å². The van der Waals surface area contributed by atoms with Crippen molar-refractivity contribution >= 4 is 0 Å². The average Bonchev–Trinajstić information content (AvgIpc) is 2.10. The molecule has 0 saturated carbocycles. The minimum atomic E-state index is 0.271. The molecule has 0 fully saturated rings. The minimum Gasteiger partial charge on any atom is -0.359 e. The highest BCUT2D eigenvalue weighted by atomic mass is 16.7. The molecule has 4 nitrogen and oxygen atoms in total. The minimum absolute atomic E-state index is 0.271. The van der Waals surface area contributed by atoms with E-state index in [0.29, 0.717) is 13.2 Å². The lowest BCUT2D eigenvalue weighted by Crippen LogP contribution is -1.98. The fourth-order valence-corrected chi connectivity index (χ4v) is 0.454. The molecular formula is C8H14O4. The van der Waals surface area contributed by atoms with E-state index in [0.717, 1.165) is 0 Å². The monoisotopic (exact) mass is 174 g/mol. The van der Waals surface area contributed by atoms with Crippen LogP contribution in [0.15, 0.2) is 0 Å². The molecule has 0 aliphatic rings. The van der Waals surface area contributed by atoms with E-state index < -0.39 is 0 Å². The summed E-state index contributed by atoms with van der Waals surface area (Å²) < 4.78 is 19.1. The Morgan fingerprint density at radius 1 is 0.833 bits per heavy atom. The van der Waals surface area contributed by atoms with Crippen molar-refractivity contribution in [2.45, 2.75) is 0 Å². The summed E-state index contributed by atoms with van der Waals surface area (Å²) in [5, 5.41) is 0. The first kappa shape index (κ1) is 11.4. The van der Waals surface area contributed by atoms with Crippen molar-refractivity contribution in [1.29, 1.82) is 0 Å². The highest BCUT2D eigenvalue weighted by Gasteiger charge is 1.79. The first-order chi connectivity index (χ1) is 5.91. The summed E-state index contributed by atoms with van der Waals surface area (Å²) in [6, 6.07) is 0. The number of ether oxygens (including phenoxy) is 4. The van der Waals surface area contributed by atoms with Gasteiger partial charge in [-0.3, -0.25) is 0 Å². The summed E-state index contributed by atoms with van der Waals surface area (Å²) in [4.78, 5) is 0. The van der Waals surface area contributed by atoms with E-state index in [1.165, 1.54) is 0 Å². The fourth-order valence-electron chi connectivity index (χ4n) is 0.454. The molecular weight excluding hydrogens is 160 g/mol. The second-order valence-electron chi connectivity index (χ2n) is 1.86. The van der Waals surface area contributed by atoms with Gasteiger partial charge in [-0.25, -0.2) is 0 Å². The van der Waals surface area contributed by atoms with Crippen molar-refractivity contribution in [3.63, 3.8) is 0 Å². The number of hydrogen-bond donors (Lipinski definition) is 0. The predicted molar refractivity (Wildman–Crippen MR) is 43.4 cm³/mol. The zero-order valence-electron chi connectivity index (χ0n) is 7.46. The Morgan fingerprint density at radius 3 is 1.58 bits per heavy atom. The fraction of sp³-hybridized carbons (Fsp3) is 0.750. The Morgan fingerprint density at radius 2 is 1.25 bits per heavy atom. The molecule has 0 aliphatic carbocycles. The maximum Gasteiger partial charge on any atom is 0.147 e. The third-order valence-electron chi connectivity index (χ3n) is 0.876. The van der Waals surface area contributed by atoms with Crippen LogP contribution in [0.4, 0.5) is 0 Å². The SMILES string of the molecule is COCOCC#CCOCOC. The largest absolute Gasteiger partial charge is 0.359 e. The third kappa shape index (κ3) is 9.40. The van der Waals surface area contributed by atoms with Gasteiger partial charge in [0.1, 0.15) is 26.8 Å². The second kappa shape index (κ2) is 10.4. The summed E-state index contributed by atoms with van der Waals surface area (Å²) in [6.07, 6.45) is 0. The van der Waals surface area contributed by atoms with Crippen LogP contribution in [-0.4, -0.2) is 41.0 Å². The average molecular weight is 174 g/mol. The van der Waals surface area contributed by atoms with E-state index in [4.69, 9.17) is 9.47 Å². The number of rotatable bonds is 6. The van der Waals surface area contributed by atoms with E-state index >= 15 is 0 Å². The number of hydrogen-bond acceptors (Lipinski definition) is 4. The Kier molecular flexibility index (Phi) is 9.88. The lowest BCUT2D eigenvalue weighted by molar-refractivity contribution is -0.0190. The zero-order valence-corrected chi connectivity index (χ0v) is 7.46. The Hall–Kier alpha value is -0.600. The maximum absolute atomic E-state index is 4.91. The summed E-state index contributed by atoms with van der Waals surface area (Å²) in [5.74, 6) is 5.49. The van der Waals surface area contributed by atoms with E-state index in [1.54, 1.807) is 14.2 Å². The van der Waals surface area contributed by atoms with Gasteiger partial charge in [-0.15, -0.1) is 0 Å². The Bertz CT molecular complexity index is 122. The predicted octanol–water partition coefficient (Wildman–Crippen LogP) is 0.231. The van der Waals surface area contributed by atoms with Crippen LogP contribution >= 0.6 is 0 Å². The molecule has 0 saturated heterocycles. The molecule has 0 rings (SSSR count). The van der Waals surface area contributed by atoms with Gasteiger partial charge in [-0.1, -0.05) is 11.8 Å².